The molecule has 1 saturated heterocycles. The lowest BCUT2D eigenvalue weighted by atomic mass is 9.98. The van der Waals surface area contributed by atoms with Crippen molar-refractivity contribution in [3.63, 3.8) is 0 Å². The van der Waals surface area contributed by atoms with Crippen molar-refractivity contribution in [2.24, 2.45) is 0 Å². The smallest absolute Gasteiger partial charge is 0.253 e. The van der Waals surface area contributed by atoms with Crippen LogP contribution < -0.4 is 10.3 Å². The number of H-pyrrole nitrogens is 1. The molecule has 1 N–H and O–H groups in total. The molecule has 3 heterocycles. The summed E-state index contributed by atoms with van der Waals surface area (Å²) in [5.74, 6) is 1.43. The number of hydrogen-bond donors (Lipinski definition) is 1. The number of aromatic amines is 1. The SMILES string of the molecule is COc1ccc(CN(C[C@@H]2CCCO2)[C@@H](c2cc3cc(C)cc(C)c3[nH]c2=O)c2nnnn2C(C)(C)C)cc1. The normalized spacial score (nSPS) is 16.7. The second-order valence-corrected chi connectivity index (χ2v) is 11.5. The number of nitrogens with zero attached hydrogens (tertiary/aromatic N) is 5. The lowest BCUT2D eigenvalue weighted by Gasteiger charge is -2.34. The van der Waals surface area contributed by atoms with Crippen molar-refractivity contribution >= 4 is 10.9 Å². The maximum atomic E-state index is 13.8. The summed E-state index contributed by atoms with van der Waals surface area (Å²) < 4.78 is 13.3. The zero-order valence-electron chi connectivity index (χ0n) is 23.7. The van der Waals surface area contributed by atoms with E-state index in [0.29, 0.717) is 24.5 Å². The number of benzene rings is 2. The van der Waals surface area contributed by atoms with Crippen LogP contribution in [0.5, 0.6) is 5.75 Å². The molecule has 0 spiro atoms. The fourth-order valence-electron chi connectivity index (χ4n) is 5.52. The van der Waals surface area contributed by atoms with E-state index in [-0.39, 0.29) is 17.2 Å². The van der Waals surface area contributed by atoms with Gasteiger partial charge in [0.1, 0.15) is 11.8 Å². The number of rotatable bonds is 8. The van der Waals surface area contributed by atoms with Gasteiger partial charge in [0, 0.05) is 25.3 Å². The molecule has 0 bridgehead atoms. The van der Waals surface area contributed by atoms with Crippen molar-refractivity contribution in [2.45, 2.75) is 71.7 Å². The number of tetrazole rings is 1. The summed E-state index contributed by atoms with van der Waals surface area (Å²) in [6, 6.07) is 13.7. The molecule has 39 heavy (non-hydrogen) atoms. The maximum absolute atomic E-state index is 13.8. The highest BCUT2D eigenvalue weighted by atomic mass is 16.5. The van der Waals surface area contributed by atoms with E-state index in [9.17, 15) is 4.79 Å². The Morgan fingerprint density at radius 3 is 2.62 bits per heavy atom. The summed E-state index contributed by atoms with van der Waals surface area (Å²) in [6.07, 6.45) is 2.07. The second-order valence-electron chi connectivity index (χ2n) is 11.5. The quantitative estimate of drug-likeness (QED) is 0.354. The molecule has 9 heteroatoms. The highest BCUT2D eigenvalue weighted by molar-refractivity contribution is 5.83. The Hall–Kier alpha value is -3.56. The summed E-state index contributed by atoms with van der Waals surface area (Å²) in [5.41, 5.74) is 4.21. The number of ether oxygens (including phenoxy) is 2. The first kappa shape index (κ1) is 27.0. The summed E-state index contributed by atoms with van der Waals surface area (Å²) in [6.45, 7) is 12.3. The molecule has 2 atom stereocenters. The average molecular weight is 531 g/mol. The zero-order chi connectivity index (χ0) is 27.7. The Labute approximate surface area is 229 Å². The standard InChI is InChI=1S/C30H38N6O3/c1-19-14-20(2)26-22(15-19)16-25(29(37)31-26)27(28-32-33-34-36(28)30(3,4)5)35(18-24-8-7-13-39-24)17-21-9-11-23(38-6)12-10-21/h9-12,14-16,24,27H,7-8,13,17-18H2,1-6H3,(H,31,37)/t24-,27-/m0/s1. The topological polar surface area (TPSA) is 98.2 Å². The monoisotopic (exact) mass is 530 g/mol. The van der Waals surface area contributed by atoms with Crippen molar-refractivity contribution < 1.29 is 9.47 Å². The molecule has 4 aromatic rings. The van der Waals surface area contributed by atoms with E-state index < -0.39 is 6.04 Å². The molecule has 1 fully saturated rings. The van der Waals surface area contributed by atoms with Gasteiger partial charge in [-0.1, -0.05) is 23.8 Å². The van der Waals surface area contributed by atoms with Gasteiger partial charge in [0.2, 0.25) is 0 Å². The van der Waals surface area contributed by atoms with Crippen LogP contribution in [0.1, 0.15) is 67.7 Å². The van der Waals surface area contributed by atoms with Crippen molar-refractivity contribution in [3.05, 3.63) is 80.9 Å². The van der Waals surface area contributed by atoms with E-state index in [2.05, 4.69) is 77.4 Å². The lowest BCUT2D eigenvalue weighted by molar-refractivity contribution is 0.0564. The van der Waals surface area contributed by atoms with Crippen LogP contribution in [0.4, 0.5) is 0 Å². The first-order valence-electron chi connectivity index (χ1n) is 13.6. The molecule has 2 aromatic carbocycles. The van der Waals surface area contributed by atoms with Crippen LogP contribution in [0, 0.1) is 13.8 Å². The van der Waals surface area contributed by atoms with Gasteiger partial charge in [0.25, 0.3) is 5.56 Å². The number of methoxy groups -OCH3 is 1. The van der Waals surface area contributed by atoms with Gasteiger partial charge < -0.3 is 14.5 Å². The Bertz CT molecular complexity index is 1500. The third-order valence-electron chi connectivity index (χ3n) is 7.36. The van der Waals surface area contributed by atoms with E-state index in [0.717, 1.165) is 52.8 Å². The summed E-state index contributed by atoms with van der Waals surface area (Å²) >= 11 is 0. The average Bonchev–Trinajstić information content (AvgIpc) is 3.58. The van der Waals surface area contributed by atoms with E-state index in [1.807, 2.05) is 29.8 Å². The number of aromatic nitrogens is 5. The van der Waals surface area contributed by atoms with Crippen LogP contribution in [0.15, 0.2) is 47.3 Å². The third kappa shape index (κ3) is 5.74. The zero-order valence-corrected chi connectivity index (χ0v) is 23.7. The van der Waals surface area contributed by atoms with Gasteiger partial charge in [-0.3, -0.25) is 9.69 Å². The molecule has 0 unspecified atom stereocenters. The minimum atomic E-state index is -0.500. The molecule has 1 aliphatic heterocycles. The van der Waals surface area contributed by atoms with Crippen LogP contribution >= 0.6 is 0 Å². The Kier molecular flexibility index (Phi) is 7.55. The molecule has 5 rings (SSSR count). The van der Waals surface area contributed by atoms with Crippen LogP contribution in [-0.4, -0.2) is 56.5 Å². The number of fused-ring (bicyclic) bond motifs is 1. The second kappa shape index (κ2) is 10.9. The molecule has 0 saturated carbocycles. The van der Waals surface area contributed by atoms with Crippen LogP contribution in [0.25, 0.3) is 10.9 Å². The first-order chi connectivity index (χ1) is 18.6. The van der Waals surface area contributed by atoms with E-state index in [4.69, 9.17) is 9.47 Å². The number of nitrogens with one attached hydrogen (secondary N) is 1. The molecule has 2 aromatic heterocycles. The summed E-state index contributed by atoms with van der Waals surface area (Å²) in [7, 11) is 1.66. The van der Waals surface area contributed by atoms with Gasteiger partial charge in [0.05, 0.1) is 24.3 Å². The van der Waals surface area contributed by atoms with Crippen LogP contribution in [0.3, 0.4) is 0 Å². The van der Waals surface area contributed by atoms with Gasteiger partial charge in [-0.05, 0) is 98.7 Å². The molecule has 9 nitrogen and oxygen atoms in total. The van der Waals surface area contributed by atoms with Gasteiger partial charge in [-0.25, -0.2) is 4.68 Å². The van der Waals surface area contributed by atoms with E-state index in [1.165, 1.54) is 0 Å². The van der Waals surface area contributed by atoms with Gasteiger partial charge in [-0.2, -0.15) is 0 Å². The Balaban J connectivity index is 1.70. The Morgan fingerprint density at radius 1 is 1.18 bits per heavy atom. The fourth-order valence-corrected chi connectivity index (χ4v) is 5.52. The number of pyridine rings is 1. The number of aryl methyl sites for hydroxylation is 2. The fraction of sp³-hybridized carbons (Fsp3) is 0.467. The highest BCUT2D eigenvalue weighted by Gasteiger charge is 2.35. The molecule has 1 aliphatic rings. The van der Waals surface area contributed by atoms with E-state index >= 15 is 0 Å². The molecular weight excluding hydrogens is 492 g/mol. The largest absolute Gasteiger partial charge is 0.497 e. The van der Waals surface area contributed by atoms with E-state index in [1.54, 1.807) is 7.11 Å². The van der Waals surface area contributed by atoms with Crippen molar-refractivity contribution in [1.82, 2.24) is 30.1 Å². The van der Waals surface area contributed by atoms with Crippen molar-refractivity contribution in [1.29, 1.82) is 0 Å². The highest BCUT2D eigenvalue weighted by Crippen LogP contribution is 2.32. The summed E-state index contributed by atoms with van der Waals surface area (Å²) in [5, 5.41) is 14.0. The van der Waals surface area contributed by atoms with Gasteiger partial charge in [0.15, 0.2) is 5.82 Å². The number of hydrogen-bond acceptors (Lipinski definition) is 7. The first-order valence-corrected chi connectivity index (χ1v) is 13.6. The predicted molar refractivity (Wildman–Crippen MR) is 151 cm³/mol. The predicted octanol–water partition coefficient (Wildman–Crippen LogP) is 4.67. The molecule has 0 amide bonds. The minimum absolute atomic E-state index is 0.0637. The molecule has 0 radical (unpaired) electrons. The van der Waals surface area contributed by atoms with Crippen molar-refractivity contribution in [3.8, 4) is 5.75 Å². The Morgan fingerprint density at radius 2 is 1.95 bits per heavy atom. The maximum Gasteiger partial charge on any atom is 0.253 e. The lowest BCUT2D eigenvalue weighted by Crippen LogP contribution is -2.40. The van der Waals surface area contributed by atoms with Gasteiger partial charge in [-0.15, -0.1) is 5.10 Å². The van der Waals surface area contributed by atoms with Crippen LogP contribution in [0.2, 0.25) is 0 Å². The molecule has 206 valence electrons. The minimum Gasteiger partial charge on any atom is -0.497 e. The third-order valence-corrected chi connectivity index (χ3v) is 7.36. The van der Waals surface area contributed by atoms with Gasteiger partial charge >= 0.3 is 0 Å². The summed E-state index contributed by atoms with van der Waals surface area (Å²) in [4.78, 5) is 19.3. The van der Waals surface area contributed by atoms with Crippen LogP contribution in [-0.2, 0) is 16.8 Å². The molecular formula is C30H38N6O3. The molecule has 0 aliphatic carbocycles. The van der Waals surface area contributed by atoms with Crippen molar-refractivity contribution in [2.75, 3.05) is 20.3 Å².